The standard InChI is InChI=1S/C12H13F3N2O2S/c1-8(7-20(2,18)19)17-10-4-3-9(6-16)11(5-10)12(13,14)15/h3-5,8,17H,7H2,1-2H3. The second-order valence-electron chi connectivity index (χ2n) is 4.51. The predicted octanol–water partition coefficient (Wildman–Crippen LogP) is 2.42. The second-order valence-corrected chi connectivity index (χ2v) is 6.69. The lowest BCUT2D eigenvalue weighted by Crippen LogP contribution is -2.25. The van der Waals surface area contributed by atoms with Gasteiger partial charge in [0.2, 0.25) is 0 Å². The molecule has 0 spiro atoms. The van der Waals surface area contributed by atoms with E-state index in [1.165, 1.54) is 12.1 Å². The molecule has 0 saturated carbocycles. The van der Waals surface area contributed by atoms with Crippen molar-refractivity contribution in [3.63, 3.8) is 0 Å². The lowest BCUT2D eigenvalue weighted by Gasteiger charge is -2.16. The van der Waals surface area contributed by atoms with Gasteiger partial charge in [-0.1, -0.05) is 0 Å². The second kappa shape index (κ2) is 5.71. The molecule has 0 saturated heterocycles. The molecule has 110 valence electrons. The molecule has 0 bridgehead atoms. The number of nitriles is 1. The van der Waals surface area contributed by atoms with Gasteiger partial charge in [0.1, 0.15) is 9.84 Å². The first kappa shape index (κ1) is 16.3. The molecule has 1 unspecified atom stereocenters. The first-order valence-corrected chi connectivity index (χ1v) is 7.64. The number of alkyl halides is 3. The van der Waals surface area contributed by atoms with Gasteiger partial charge < -0.3 is 5.32 Å². The van der Waals surface area contributed by atoms with E-state index in [9.17, 15) is 21.6 Å². The molecule has 0 fully saturated rings. The van der Waals surface area contributed by atoms with Crippen molar-refractivity contribution in [2.24, 2.45) is 0 Å². The molecule has 1 rings (SSSR count). The Kier molecular flexibility index (Phi) is 4.65. The summed E-state index contributed by atoms with van der Waals surface area (Å²) in [6.45, 7) is 1.55. The molecule has 1 aromatic rings. The molecule has 0 aromatic heterocycles. The van der Waals surface area contributed by atoms with Gasteiger partial charge in [-0.05, 0) is 25.1 Å². The van der Waals surface area contributed by atoms with Crippen LogP contribution in [0.15, 0.2) is 18.2 Å². The van der Waals surface area contributed by atoms with Gasteiger partial charge in [-0.3, -0.25) is 0 Å². The molecule has 1 N–H and O–H groups in total. The molecule has 1 atom stereocenters. The van der Waals surface area contributed by atoms with Crippen LogP contribution in [0.3, 0.4) is 0 Å². The molecule has 0 heterocycles. The minimum Gasteiger partial charge on any atom is -0.382 e. The van der Waals surface area contributed by atoms with E-state index in [0.717, 1.165) is 18.4 Å². The smallest absolute Gasteiger partial charge is 0.382 e. The van der Waals surface area contributed by atoms with Crippen LogP contribution in [0.25, 0.3) is 0 Å². The molecule has 1 aromatic carbocycles. The van der Waals surface area contributed by atoms with Gasteiger partial charge in [0, 0.05) is 18.0 Å². The minimum atomic E-state index is -4.64. The molecule has 0 aliphatic heterocycles. The van der Waals surface area contributed by atoms with Crippen molar-refractivity contribution in [1.29, 1.82) is 5.26 Å². The monoisotopic (exact) mass is 306 g/mol. The van der Waals surface area contributed by atoms with Crippen molar-refractivity contribution in [2.75, 3.05) is 17.3 Å². The molecular formula is C12H13F3N2O2S. The van der Waals surface area contributed by atoms with E-state index in [4.69, 9.17) is 5.26 Å². The van der Waals surface area contributed by atoms with Crippen molar-refractivity contribution >= 4 is 15.5 Å². The van der Waals surface area contributed by atoms with Crippen molar-refractivity contribution in [3.05, 3.63) is 29.3 Å². The van der Waals surface area contributed by atoms with E-state index in [0.29, 0.717) is 0 Å². The maximum Gasteiger partial charge on any atom is 0.417 e. The highest BCUT2D eigenvalue weighted by molar-refractivity contribution is 7.90. The third-order valence-electron chi connectivity index (χ3n) is 2.41. The van der Waals surface area contributed by atoms with Gasteiger partial charge in [-0.2, -0.15) is 18.4 Å². The summed E-state index contributed by atoms with van der Waals surface area (Å²) in [4.78, 5) is 0. The van der Waals surface area contributed by atoms with Crippen LogP contribution < -0.4 is 5.32 Å². The van der Waals surface area contributed by atoms with E-state index >= 15 is 0 Å². The lowest BCUT2D eigenvalue weighted by atomic mass is 10.1. The quantitative estimate of drug-likeness (QED) is 0.927. The van der Waals surface area contributed by atoms with Gasteiger partial charge >= 0.3 is 6.18 Å². The third kappa shape index (κ3) is 4.74. The summed E-state index contributed by atoms with van der Waals surface area (Å²) < 4.78 is 60.4. The summed E-state index contributed by atoms with van der Waals surface area (Å²) in [5.74, 6) is -0.200. The minimum absolute atomic E-state index is 0.118. The van der Waals surface area contributed by atoms with Gasteiger partial charge in [0.05, 0.1) is 22.9 Å². The van der Waals surface area contributed by atoms with Crippen molar-refractivity contribution in [3.8, 4) is 6.07 Å². The van der Waals surface area contributed by atoms with E-state index < -0.39 is 33.2 Å². The van der Waals surface area contributed by atoms with Gasteiger partial charge in [-0.15, -0.1) is 0 Å². The fraction of sp³-hybridized carbons (Fsp3) is 0.417. The summed E-state index contributed by atoms with van der Waals surface area (Å²) in [5, 5.41) is 11.3. The molecule has 0 aliphatic carbocycles. The molecule has 8 heteroatoms. The Morgan fingerprint density at radius 3 is 2.45 bits per heavy atom. The number of hydrogen-bond donors (Lipinski definition) is 1. The Balaban J connectivity index is 3.02. The number of nitrogens with one attached hydrogen (secondary N) is 1. The van der Waals surface area contributed by atoms with E-state index in [1.54, 1.807) is 6.92 Å². The number of benzene rings is 1. The maximum atomic E-state index is 12.7. The Hall–Kier alpha value is -1.75. The molecule has 0 aliphatic rings. The zero-order valence-corrected chi connectivity index (χ0v) is 11.6. The summed E-state index contributed by atoms with van der Waals surface area (Å²) in [5.41, 5.74) is -1.40. The highest BCUT2D eigenvalue weighted by Gasteiger charge is 2.33. The van der Waals surface area contributed by atoms with Gasteiger partial charge in [0.25, 0.3) is 0 Å². The number of anilines is 1. The third-order valence-corrected chi connectivity index (χ3v) is 3.52. The highest BCUT2D eigenvalue weighted by atomic mass is 32.2. The number of sulfone groups is 1. The summed E-state index contributed by atoms with van der Waals surface area (Å²) in [7, 11) is -3.23. The zero-order valence-electron chi connectivity index (χ0n) is 10.8. The van der Waals surface area contributed by atoms with Gasteiger partial charge in [-0.25, -0.2) is 8.42 Å². The van der Waals surface area contributed by atoms with Crippen LogP contribution in [0.1, 0.15) is 18.1 Å². The summed E-state index contributed by atoms with van der Waals surface area (Å²) in [6.07, 6.45) is -3.59. The summed E-state index contributed by atoms with van der Waals surface area (Å²) >= 11 is 0. The number of halogens is 3. The first-order valence-electron chi connectivity index (χ1n) is 5.58. The average Bonchev–Trinajstić information content (AvgIpc) is 2.25. The Labute approximate surface area is 115 Å². The fourth-order valence-corrected chi connectivity index (χ4v) is 2.74. The SMILES string of the molecule is CC(CS(C)(=O)=O)Nc1ccc(C#N)c(C(F)(F)F)c1. The first-order chi connectivity index (χ1) is 9.03. The van der Waals surface area contributed by atoms with E-state index in [2.05, 4.69) is 5.32 Å². The molecule has 20 heavy (non-hydrogen) atoms. The Bertz CT molecular complexity index is 633. The highest BCUT2D eigenvalue weighted by Crippen LogP contribution is 2.33. The van der Waals surface area contributed by atoms with Crippen LogP contribution >= 0.6 is 0 Å². The maximum absolute atomic E-state index is 12.7. The van der Waals surface area contributed by atoms with Crippen molar-refractivity contribution < 1.29 is 21.6 Å². The Morgan fingerprint density at radius 1 is 1.40 bits per heavy atom. The normalized spacial score (nSPS) is 13.6. The largest absolute Gasteiger partial charge is 0.417 e. The number of hydrogen-bond acceptors (Lipinski definition) is 4. The zero-order chi connectivity index (χ0) is 15.6. The van der Waals surface area contributed by atoms with Crippen LogP contribution in [0, 0.1) is 11.3 Å². The molecule has 0 radical (unpaired) electrons. The molecule has 4 nitrogen and oxygen atoms in total. The van der Waals surface area contributed by atoms with E-state index in [1.807, 2.05) is 0 Å². The fourth-order valence-electron chi connectivity index (χ4n) is 1.75. The average molecular weight is 306 g/mol. The van der Waals surface area contributed by atoms with Crippen LogP contribution in [0.4, 0.5) is 18.9 Å². The lowest BCUT2D eigenvalue weighted by molar-refractivity contribution is -0.137. The Morgan fingerprint density at radius 2 is 2.00 bits per heavy atom. The summed E-state index contributed by atoms with van der Waals surface area (Å²) in [6, 6.07) is 4.10. The number of nitrogens with zero attached hydrogens (tertiary/aromatic N) is 1. The van der Waals surface area contributed by atoms with Crippen molar-refractivity contribution in [1.82, 2.24) is 0 Å². The van der Waals surface area contributed by atoms with Crippen LogP contribution in [-0.4, -0.2) is 26.5 Å². The molecular weight excluding hydrogens is 293 g/mol. The van der Waals surface area contributed by atoms with Crippen LogP contribution in [0.5, 0.6) is 0 Å². The topological polar surface area (TPSA) is 70.0 Å². The molecule has 0 amide bonds. The number of rotatable bonds is 4. The van der Waals surface area contributed by atoms with E-state index in [-0.39, 0.29) is 11.4 Å². The van der Waals surface area contributed by atoms with Crippen LogP contribution in [0.2, 0.25) is 0 Å². The van der Waals surface area contributed by atoms with Crippen molar-refractivity contribution in [2.45, 2.75) is 19.1 Å². The van der Waals surface area contributed by atoms with Crippen LogP contribution in [-0.2, 0) is 16.0 Å². The predicted molar refractivity (Wildman–Crippen MR) is 69.0 cm³/mol. The van der Waals surface area contributed by atoms with Gasteiger partial charge in [0.15, 0.2) is 0 Å².